The van der Waals surface area contributed by atoms with Crippen LogP contribution in [0.3, 0.4) is 0 Å². The number of rotatable bonds is 4. The second kappa shape index (κ2) is 7.95. The Morgan fingerprint density at radius 2 is 1.71 bits per heavy atom. The van der Waals surface area contributed by atoms with Gasteiger partial charge in [0.15, 0.2) is 0 Å². The first-order valence-electron chi connectivity index (χ1n) is 8.85. The van der Waals surface area contributed by atoms with Crippen LogP contribution in [0.5, 0.6) is 0 Å². The summed E-state index contributed by atoms with van der Waals surface area (Å²) in [4.78, 5) is 33.2. The van der Waals surface area contributed by atoms with Crippen molar-refractivity contribution in [2.75, 3.05) is 36.4 Å². The molecular formula is C19H18FN7O. The van der Waals surface area contributed by atoms with Gasteiger partial charge in [-0.15, -0.1) is 0 Å². The van der Waals surface area contributed by atoms with Gasteiger partial charge in [0.2, 0.25) is 5.95 Å². The van der Waals surface area contributed by atoms with E-state index in [1.54, 1.807) is 41.6 Å². The molecular weight excluding hydrogens is 361 g/mol. The maximum atomic E-state index is 13.8. The second-order valence-corrected chi connectivity index (χ2v) is 6.22. The van der Waals surface area contributed by atoms with Crippen molar-refractivity contribution >= 4 is 23.4 Å². The van der Waals surface area contributed by atoms with E-state index in [1.807, 2.05) is 4.90 Å². The van der Waals surface area contributed by atoms with E-state index < -0.39 is 5.82 Å². The van der Waals surface area contributed by atoms with Crippen molar-refractivity contribution in [2.24, 2.45) is 0 Å². The van der Waals surface area contributed by atoms with Gasteiger partial charge in [0.1, 0.15) is 23.7 Å². The summed E-state index contributed by atoms with van der Waals surface area (Å²) in [7, 11) is 0. The molecule has 1 N–H and O–H groups in total. The lowest BCUT2D eigenvalue weighted by Gasteiger charge is -2.34. The lowest BCUT2D eigenvalue weighted by molar-refractivity contribution is 0.0740. The largest absolute Gasteiger partial charge is 0.338 e. The highest BCUT2D eigenvalue weighted by atomic mass is 19.1. The van der Waals surface area contributed by atoms with E-state index in [2.05, 4.69) is 25.3 Å². The molecule has 0 atom stereocenters. The highest BCUT2D eigenvalue weighted by Gasteiger charge is 2.24. The first-order chi connectivity index (χ1) is 13.7. The third-order valence-corrected chi connectivity index (χ3v) is 4.42. The van der Waals surface area contributed by atoms with Gasteiger partial charge in [0.05, 0.1) is 5.69 Å². The number of nitrogens with zero attached hydrogens (tertiary/aromatic N) is 6. The standard InChI is InChI=1S/C19H18FN7O/c20-14-4-1-2-5-15(14)25-17-12-16(23-13-24-17)18(28)26-8-10-27(11-9-26)19-21-6-3-7-22-19/h1-7,12-13H,8-11H2,(H,23,24,25). The quantitative estimate of drug-likeness (QED) is 0.743. The number of carbonyl (C=O) groups is 1. The molecule has 0 bridgehead atoms. The van der Waals surface area contributed by atoms with E-state index in [0.717, 1.165) is 0 Å². The summed E-state index contributed by atoms with van der Waals surface area (Å²) in [6.45, 7) is 2.36. The van der Waals surface area contributed by atoms with E-state index in [4.69, 9.17) is 0 Å². The molecule has 8 nitrogen and oxygen atoms in total. The Morgan fingerprint density at radius 3 is 2.46 bits per heavy atom. The van der Waals surface area contributed by atoms with Crippen molar-refractivity contribution in [3.8, 4) is 0 Å². The Balaban J connectivity index is 1.42. The predicted molar refractivity (Wildman–Crippen MR) is 102 cm³/mol. The molecule has 1 aliphatic heterocycles. The molecule has 1 aromatic carbocycles. The number of benzene rings is 1. The summed E-state index contributed by atoms with van der Waals surface area (Å²) in [5, 5.41) is 2.88. The number of hydrogen-bond acceptors (Lipinski definition) is 7. The number of aromatic nitrogens is 4. The number of nitrogens with one attached hydrogen (secondary N) is 1. The SMILES string of the molecule is O=C(c1cc(Nc2ccccc2F)ncn1)N1CCN(c2ncccn2)CC1. The smallest absolute Gasteiger partial charge is 0.272 e. The minimum Gasteiger partial charge on any atom is -0.338 e. The Kier molecular flexibility index (Phi) is 5.05. The first kappa shape index (κ1) is 17.8. The molecule has 9 heteroatoms. The number of anilines is 3. The van der Waals surface area contributed by atoms with E-state index in [9.17, 15) is 9.18 Å². The molecule has 142 valence electrons. The van der Waals surface area contributed by atoms with Gasteiger partial charge in [0, 0.05) is 44.6 Å². The molecule has 1 aliphatic rings. The van der Waals surface area contributed by atoms with Crippen molar-refractivity contribution < 1.29 is 9.18 Å². The van der Waals surface area contributed by atoms with Crippen molar-refractivity contribution in [2.45, 2.75) is 0 Å². The van der Waals surface area contributed by atoms with Gasteiger partial charge >= 0.3 is 0 Å². The van der Waals surface area contributed by atoms with Crippen molar-refractivity contribution in [3.63, 3.8) is 0 Å². The molecule has 0 unspecified atom stereocenters. The second-order valence-electron chi connectivity index (χ2n) is 6.22. The van der Waals surface area contributed by atoms with Crippen LogP contribution in [-0.4, -0.2) is 56.9 Å². The summed E-state index contributed by atoms with van der Waals surface area (Å²) >= 11 is 0. The van der Waals surface area contributed by atoms with Crippen LogP contribution in [0, 0.1) is 5.82 Å². The number of para-hydroxylation sites is 1. The van der Waals surface area contributed by atoms with Crippen LogP contribution in [-0.2, 0) is 0 Å². The number of amides is 1. The predicted octanol–water partition coefficient (Wildman–Crippen LogP) is 2.11. The maximum Gasteiger partial charge on any atom is 0.272 e. The zero-order chi connectivity index (χ0) is 19.3. The lowest BCUT2D eigenvalue weighted by atomic mass is 10.2. The molecule has 28 heavy (non-hydrogen) atoms. The van der Waals surface area contributed by atoms with Crippen molar-refractivity contribution in [3.05, 3.63) is 66.6 Å². The van der Waals surface area contributed by atoms with Gasteiger partial charge in [-0.3, -0.25) is 4.79 Å². The average molecular weight is 379 g/mol. The minimum atomic E-state index is -0.395. The van der Waals surface area contributed by atoms with Crippen LogP contribution in [0.4, 0.5) is 21.8 Å². The molecule has 1 amide bonds. The highest BCUT2D eigenvalue weighted by molar-refractivity contribution is 5.93. The Labute approximate surface area is 161 Å². The maximum absolute atomic E-state index is 13.8. The molecule has 3 aromatic rings. The van der Waals surface area contributed by atoms with Crippen molar-refractivity contribution in [1.29, 1.82) is 0 Å². The average Bonchev–Trinajstić information content (AvgIpc) is 2.76. The van der Waals surface area contributed by atoms with Gasteiger partial charge < -0.3 is 15.1 Å². The highest BCUT2D eigenvalue weighted by Crippen LogP contribution is 2.19. The van der Waals surface area contributed by atoms with Crippen LogP contribution >= 0.6 is 0 Å². The summed E-state index contributed by atoms with van der Waals surface area (Å²) in [6.07, 6.45) is 4.69. The minimum absolute atomic E-state index is 0.187. The summed E-state index contributed by atoms with van der Waals surface area (Å²) in [5.74, 6) is 0.439. The van der Waals surface area contributed by atoms with E-state index >= 15 is 0 Å². The molecule has 0 spiro atoms. The van der Waals surface area contributed by atoms with Gasteiger partial charge in [-0.05, 0) is 18.2 Å². The third kappa shape index (κ3) is 3.88. The summed E-state index contributed by atoms with van der Waals surface area (Å²) < 4.78 is 13.8. The van der Waals surface area contributed by atoms with Crippen molar-refractivity contribution in [1.82, 2.24) is 24.8 Å². The van der Waals surface area contributed by atoms with Crippen LogP contribution in [0.25, 0.3) is 0 Å². The fourth-order valence-corrected chi connectivity index (χ4v) is 2.97. The Morgan fingerprint density at radius 1 is 0.964 bits per heavy atom. The topological polar surface area (TPSA) is 87.1 Å². The molecule has 1 fully saturated rings. The van der Waals surface area contributed by atoms with Crippen LogP contribution in [0.2, 0.25) is 0 Å². The number of hydrogen-bond donors (Lipinski definition) is 1. The van der Waals surface area contributed by atoms with Gasteiger partial charge in [-0.25, -0.2) is 24.3 Å². The third-order valence-electron chi connectivity index (χ3n) is 4.42. The zero-order valence-electron chi connectivity index (χ0n) is 15.0. The van der Waals surface area contributed by atoms with E-state index in [-0.39, 0.29) is 17.3 Å². The Hall–Kier alpha value is -3.62. The lowest BCUT2D eigenvalue weighted by Crippen LogP contribution is -2.49. The molecule has 0 aliphatic carbocycles. The monoisotopic (exact) mass is 379 g/mol. The molecule has 0 saturated carbocycles. The molecule has 4 rings (SSSR count). The first-order valence-corrected chi connectivity index (χ1v) is 8.85. The number of piperazine rings is 1. The fourth-order valence-electron chi connectivity index (χ4n) is 2.97. The summed E-state index contributed by atoms with van der Waals surface area (Å²) in [5.41, 5.74) is 0.550. The van der Waals surface area contributed by atoms with E-state index in [0.29, 0.717) is 37.9 Å². The molecule has 2 aromatic heterocycles. The number of carbonyl (C=O) groups excluding carboxylic acids is 1. The van der Waals surface area contributed by atoms with E-state index in [1.165, 1.54) is 18.5 Å². The van der Waals surface area contributed by atoms with Gasteiger partial charge in [0.25, 0.3) is 5.91 Å². The van der Waals surface area contributed by atoms with Crippen LogP contribution in [0.15, 0.2) is 55.1 Å². The van der Waals surface area contributed by atoms with Crippen LogP contribution < -0.4 is 10.2 Å². The molecule has 0 radical (unpaired) electrons. The fraction of sp³-hybridized carbons (Fsp3) is 0.211. The van der Waals surface area contributed by atoms with Gasteiger partial charge in [-0.2, -0.15) is 0 Å². The normalized spacial score (nSPS) is 14.0. The zero-order valence-corrected chi connectivity index (χ0v) is 15.0. The summed E-state index contributed by atoms with van der Waals surface area (Å²) in [6, 6.07) is 9.58. The van der Waals surface area contributed by atoms with Gasteiger partial charge in [-0.1, -0.05) is 12.1 Å². The molecule has 1 saturated heterocycles. The molecule has 3 heterocycles. The Bertz CT molecular complexity index is 961. The number of halogens is 1. The van der Waals surface area contributed by atoms with Crippen LogP contribution in [0.1, 0.15) is 10.5 Å².